The second-order valence-electron chi connectivity index (χ2n) is 5.33. The average molecular weight is 322 g/mol. The van der Waals surface area contributed by atoms with E-state index in [-0.39, 0.29) is 0 Å². The van der Waals surface area contributed by atoms with E-state index in [9.17, 15) is 4.79 Å². The Morgan fingerprint density at radius 1 is 0.792 bits per heavy atom. The molecule has 124 valence electrons. The van der Waals surface area contributed by atoms with E-state index >= 15 is 0 Å². The quantitative estimate of drug-likeness (QED) is 0.457. The first-order chi connectivity index (χ1) is 11.7. The van der Waals surface area contributed by atoms with Crippen LogP contribution in [0.3, 0.4) is 0 Å². The van der Waals surface area contributed by atoms with Crippen LogP contribution >= 0.6 is 0 Å². The van der Waals surface area contributed by atoms with E-state index < -0.39 is 18.4 Å². The number of hydrogen-bond donors (Lipinski definition) is 0. The van der Waals surface area contributed by atoms with Gasteiger partial charge in [-0.05, 0) is 11.1 Å². The largest absolute Gasteiger partial charge is 0.509 e. The van der Waals surface area contributed by atoms with Gasteiger partial charge in [0.05, 0.1) is 0 Å². The molecule has 2 rings (SSSR count). The SMILES string of the molecule is C=CCC(OC(=O)OC(CC=C)c1ccccc1)c1ccccc1. The van der Waals surface area contributed by atoms with Crippen LogP contribution in [0.15, 0.2) is 86.0 Å². The van der Waals surface area contributed by atoms with Gasteiger partial charge in [-0.25, -0.2) is 4.79 Å². The molecule has 0 N–H and O–H groups in total. The van der Waals surface area contributed by atoms with E-state index in [2.05, 4.69) is 13.2 Å². The Labute approximate surface area is 143 Å². The lowest BCUT2D eigenvalue weighted by Gasteiger charge is -2.20. The van der Waals surface area contributed by atoms with Gasteiger partial charge in [0.1, 0.15) is 12.2 Å². The van der Waals surface area contributed by atoms with Crippen LogP contribution in [-0.2, 0) is 9.47 Å². The monoisotopic (exact) mass is 322 g/mol. The fourth-order valence-corrected chi connectivity index (χ4v) is 2.40. The molecule has 2 unspecified atom stereocenters. The third kappa shape index (κ3) is 5.13. The Balaban J connectivity index is 2.06. The van der Waals surface area contributed by atoms with Crippen molar-refractivity contribution in [3.05, 3.63) is 97.1 Å². The maximum atomic E-state index is 12.2. The van der Waals surface area contributed by atoms with Gasteiger partial charge in [0.2, 0.25) is 0 Å². The standard InChI is InChI=1S/C21H22O3/c1-3-11-19(17-13-7-5-8-14-17)23-21(22)24-20(12-4-2)18-15-9-6-10-16-18/h3-10,13-16,19-20H,1-2,11-12H2. The van der Waals surface area contributed by atoms with Gasteiger partial charge in [-0.15, -0.1) is 13.2 Å². The number of carbonyl (C=O) groups excluding carboxylic acids is 1. The molecule has 3 nitrogen and oxygen atoms in total. The van der Waals surface area contributed by atoms with Crippen molar-refractivity contribution in [1.29, 1.82) is 0 Å². The summed E-state index contributed by atoms with van der Waals surface area (Å²) in [4.78, 5) is 12.2. The van der Waals surface area contributed by atoms with Crippen molar-refractivity contribution in [2.45, 2.75) is 25.0 Å². The van der Waals surface area contributed by atoms with Gasteiger partial charge in [0.15, 0.2) is 0 Å². The van der Waals surface area contributed by atoms with Crippen molar-refractivity contribution in [3.8, 4) is 0 Å². The van der Waals surface area contributed by atoms with Crippen LogP contribution in [0.5, 0.6) is 0 Å². The molecule has 0 saturated carbocycles. The number of carbonyl (C=O) groups is 1. The molecule has 0 saturated heterocycles. The molecule has 0 aliphatic rings. The van der Waals surface area contributed by atoms with Crippen molar-refractivity contribution in [2.24, 2.45) is 0 Å². The highest BCUT2D eigenvalue weighted by molar-refractivity contribution is 5.61. The van der Waals surface area contributed by atoms with E-state index in [1.807, 2.05) is 60.7 Å². The van der Waals surface area contributed by atoms with Crippen molar-refractivity contribution < 1.29 is 14.3 Å². The Bertz CT molecular complexity index is 592. The van der Waals surface area contributed by atoms with E-state index in [1.165, 1.54) is 0 Å². The molecule has 3 heteroatoms. The second-order valence-corrected chi connectivity index (χ2v) is 5.33. The molecule has 0 radical (unpaired) electrons. The maximum Gasteiger partial charge on any atom is 0.509 e. The molecule has 0 aliphatic heterocycles. The smallest absolute Gasteiger partial charge is 0.426 e. The van der Waals surface area contributed by atoms with Gasteiger partial charge >= 0.3 is 6.16 Å². The highest BCUT2D eigenvalue weighted by atomic mass is 16.7. The lowest BCUT2D eigenvalue weighted by atomic mass is 10.1. The number of ether oxygens (including phenoxy) is 2. The summed E-state index contributed by atoms with van der Waals surface area (Å²) in [5, 5.41) is 0. The third-order valence-corrected chi connectivity index (χ3v) is 3.58. The Morgan fingerprint density at radius 3 is 1.50 bits per heavy atom. The van der Waals surface area contributed by atoms with Crippen LogP contribution < -0.4 is 0 Å². The first-order valence-electron chi connectivity index (χ1n) is 7.93. The summed E-state index contributed by atoms with van der Waals surface area (Å²) in [5.41, 5.74) is 1.82. The molecule has 2 aromatic rings. The minimum Gasteiger partial charge on any atom is -0.426 e. The van der Waals surface area contributed by atoms with Gasteiger partial charge < -0.3 is 9.47 Å². The summed E-state index contributed by atoms with van der Waals surface area (Å²) >= 11 is 0. The zero-order valence-electron chi connectivity index (χ0n) is 13.6. The van der Waals surface area contributed by atoms with E-state index in [0.29, 0.717) is 12.8 Å². The van der Waals surface area contributed by atoms with E-state index in [1.54, 1.807) is 12.2 Å². The first-order valence-corrected chi connectivity index (χ1v) is 7.93. The van der Waals surface area contributed by atoms with Gasteiger partial charge in [-0.3, -0.25) is 0 Å². The predicted molar refractivity (Wildman–Crippen MR) is 95.6 cm³/mol. The first kappa shape index (κ1) is 17.5. The Hall–Kier alpha value is -2.81. The minimum atomic E-state index is -0.693. The fraction of sp³-hybridized carbons (Fsp3) is 0.190. The van der Waals surface area contributed by atoms with Gasteiger partial charge in [-0.2, -0.15) is 0 Å². The molecule has 2 aromatic carbocycles. The topological polar surface area (TPSA) is 35.5 Å². The Kier molecular flexibility index (Phi) is 6.84. The van der Waals surface area contributed by atoms with Crippen LogP contribution in [0.4, 0.5) is 4.79 Å². The lowest BCUT2D eigenvalue weighted by Crippen LogP contribution is -2.16. The summed E-state index contributed by atoms with van der Waals surface area (Å²) in [5.74, 6) is 0. The summed E-state index contributed by atoms with van der Waals surface area (Å²) in [7, 11) is 0. The maximum absolute atomic E-state index is 12.2. The van der Waals surface area contributed by atoms with Gasteiger partial charge in [-0.1, -0.05) is 72.8 Å². The van der Waals surface area contributed by atoms with Crippen LogP contribution in [-0.4, -0.2) is 6.16 Å². The number of benzene rings is 2. The zero-order valence-corrected chi connectivity index (χ0v) is 13.6. The molecule has 0 aliphatic carbocycles. The minimum absolute atomic E-state index is 0.406. The van der Waals surface area contributed by atoms with E-state index in [0.717, 1.165) is 11.1 Å². The number of rotatable bonds is 8. The predicted octanol–water partition coefficient (Wildman–Crippen LogP) is 5.77. The molecule has 24 heavy (non-hydrogen) atoms. The molecule has 0 amide bonds. The summed E-state index contributed by atoms with van der Waals surface area (Å²) in [6.45, 7) is 7.45. The highest BCUT2D eigenvalue weighted by Gasteiger charge is 2.20. The average Bonchev–Trinajstić information content (AvgIpc) is 2.62. The van der Waals surface area contributed by atoms with Crippen LogP contribution in [0.25, 0.3) is 0 Å². The van der Waals surface area contributed by atoms with Crippen LogP contribution in [0.2, 0.25) is 0 Å². The molecule has 0 aromatic heterocycles. The third-order valence-electron chi connectivity index (χ3n) is 3.58. The molecule has 0 spiro atoms. The number of hydrogen-bond acceptors (Lipinski definition) is 3. The zero-order chi connectivity index (χ0) is 17.2. The summed E-state index contributed by atoms with van der Waals surface area (Å²) in [6.07, 6.45) is 2.99. The Morgan fingerprint density at radius 2 is 1.17 bits per heavy atom. The van der Waals surface area contributed by atoms with Crippen molar-refractivity contribution in [2.75, 3.05) is 0 Å². The molecular weight excluding hydrogens is 300 g/mol. The van der Waals surface area contributed by atoms with Crippen LogP contribution in [0, 0.1) is 0 Å². The fourth-order valence-electron chi connectivity index (χ4n) is 2.40. The van der Waals surface area contributed by atoms with Crippen molar-refractivity contribution in [1.82, 2.24) is 0 Å². The van der Waals surface area contributed by atoms with Gasteiger partial charge in [0, 0.05) is 12.8 Å². The van der Waals surface area contributed by atoms with Crippen LogP contribution in [0.1, 0.15) is 36.2 Å². The summed E-state index contributed by atoms with van der Waals surface area (Å²) < 4.78 is 11.0. The molecular formula is C21H22O3. The van der Waals surface area contributed by atoms with Crippen molar-refractivity contribution in [3.63, 3.8) is 0 Å². The lowest BCUT2D eigenvalue weighted by molar-refractivity contribution is -0.00176. The second kappa shape index (κ2) is 9.36. The molecule has 0 fully saturated rings. The van der Waals surface area contributed by atoms with Crippen molar-refractivity contribution >= 4 is 6.16 Å². The normalized spacial score (nSPS) is 12.7. The molecule has 0 bridgehead atoms. The summed E-state index contributed by atoms with van der Waals surface area (Å²) in [6, 6.07) is 19.1. The highest BCUT2D eigenvalue weighted by Crippen LogP contribution is 2.26. The van der Waals surface area contributed by atoms with E-state index in [4.69, 9.17) is 9.47 Å². The molecule has 0 heterocycles. The van der Waals surface area contributed by atoms with Gasteiger partial charge in [0.25, 0.3) is 0 Å². The molecule has 2 atom stereocenters.